The highest BCUT2D eigenvalue weighted by atomic mass is 16.2. The molecule has 1 N–H and O–H groups in total. The second-order valence-electron chi connectivity index (χ2n) is 8.24. The van der Waals surface area contributed by atoms with E-state index in [1.807, 2.05) is 34.8 Å². The van der Waals surface area contributed by atoms with Crippen molar-refractivity contribution < 1.29 is 14.4 Å². The van der Waals surface area contributed by atoms with Gasteiger partial charge in [-0.15, -0.1) is 0 Å². The highest BCUT2D eigenvalue weighted by molar-refractivity contribution is 5.93. The summed E-state index contributed by atoms with van der Waals surface area (Å²) < 4.78 is 1.86. The van der Waals surface area contributed by atoms with Crippen LogP contribution >= 0.6 is 0 Å². The van der Waals surface area contributed by atoms with Crippen molar-refractivity contribution in [3.8, 4) is 0 Å². The van der Waals surface area contributed by atoms with Gasteiger partial charge in [0.05, 0.1) is 6.04 Å². The number of piperidine rings is 3. The lowest BCUT2D eigenvalue weighted by molar-refractivity contribution is -0.151. The van der Waals surface area contributed by atoms with Crippen LogP contribution in [0.25, 0.3) is 0 Å². The first kappa shape index (κ1) is 18.1. The monoisotopic (exact) mass is 372 g/mol. The zero-order valence-electron chi connectivity index (χ0n) is 16.1. The van der Waals surface area contributed by atoms with Gasteiger partial charge in [-0.3, -0.25) is 14.4 Å². The van der Waals surface area contributed by atoms with E-state index < -0.39 is 0 Å². The molecule has 3 fully saturated rings. The summed E-state index contributed by atoms with van der Waals surface area (Å²) in [7, 11) is 1.89. The van der Waals surface area contributed by atoms with Crippen LogP contribution in [0.3, 0.4) is 0 Å². The first-order valence-electron chi connectivity index (χ1n) is 9.92. The number of hydrogen-bond donors (Lipinski definition) is 1. The van der Waals surface area contributed by atoms with Crippen molar-refractivity contribution >= 4 is 17.7 Å². The van der Waals surface area contributed by atoms with Crippen LogP contribution in [-0.2, 0) is 16.6 Å². The summed E-state index contributed by atoms with van der Waals surface area (Å²) in [6.07, 6.45) is 5.42. The van der Waals surface area contributed by atoms with Crippen molar-refractivity contribution in [2.45, 2.75) is 44.7 Å². The van der Waals surface area contributed by atoms with E-state index in [-0.39, 0.29) is 35.7 Å². The van der Waals surface area contributed by atoms with Gasteiger partial charge in [0.15, 0.2) is 0 Å². The van der Waals surface area contributed by atoms with Crippen molar-refractivity contribution in [3.05, 3.63) is 24.0 Å². The van der Waals surface area contributed by atoms with Gasteiger partial charge in [-0.05, 0) is 43.2 Å². The van der Waals surface area contributed by atoms with Crippen LogP contribution in [0, 0.1) is 11.8 Å². The number of amides is 3. The molecule has 0 unspecified atom stereocenters. The van der Waals surface area contributed by atoms with E-state index in [1.54, 1.807) is 0 Å². The van der Waals surface area contributed by atoms with E-state index in [4.69, 9.17) is 0 Å². The van der Waals surface area contributed by atoms with Gasteiger partial charge in [-0.2, -0.15) is 0 Å². The van der Waals surface area contributed by atoms with Gasteiger partial charge >= 0.3 is 0 Å². The first-order chi connectivity index (χ1) is 13.0. The second kappa shape index (κ2) is 7.02. The summed E-state index contributed by atoms with van der Waals surface area (Å²) in [4.78, 5) is 41.3. The van der Waals surface area contributed by atoms with Crippen molar-refractivity contribution in [2.24, 2.45) is 18.9 Å². The van der Waals surface area contributed by atoms with E-state index >= 15 is 0 Å². The normalized spacial score (nSPS) is 30.1. The highest BCUT2D eigenvalue weighted by Crippen LogP contribution is 2.41. The summed E-state index contributed by atoms with van der Waals surface area (Å²) in [6.45, 7) is 3.33. The van der Waals surface area contributed by atoms with Crippen molar-refractivity contribution in [1.29, 1.82) is 0 Å². The molecule has 0 aromatic carbocycles. The number of carbonyl (C=O) groups excluding carboxylic acids is 3. The fraction of sp³-hybridized carbons (Fsp3) is 0.650. The first-order valence-corrected chi connectivity index (χ1v) is 9.92. The zero-order chi connectivity index (χ0) is 19.1. The third kappa shape index (κ3) is 3.24. The number of likely N-dealkylation sites (tertiary alicyclic amines) is 1. The molecule has 3 amide bonds. The van der Waals surface area contributed by atoms with Gasteiger partial charge in [-0.1, -0.05) is 0 Å². The molecule has 4 rings (SSSR count). The number of hydrogen-bond acceptors (Lipinski definition) is 3. The predicted octanol–water partition coefficient (Wildman–Crippen LogP) is 1.00. The maximum absolute atomic E-state index is 13.1. The molecule has 1 aromatic rings. The van der Waals surface area contributed by atoms with Crippen LogP contribution in [0.4, 0.5) is 0 Å². The van der Waals surface area contributed by atoms with Crippen LogP contribution < -0.4 is 5.32 Å². The van der Waals surface area contributed by atoms with E-state index in [0.717, 1.165) is 19.3 Å². The van der Waals surface area contributed by atoms with E-state index in [0.29, 0.717) is 37.7 Å². The van der Waals surface area contributed by atoms with Crippen molar-refractivity contribution in [3.63, 3.8) is 0 Å². The van der Waals surface area contributed by atoms with Crippen molar-refractivity contribution in [1.82, 2.24) is 19.7 Å². The highest BCUT2D eigenvalue weighted by Gasteiger charge is 2.50. The SMILES string of the molecule is CC(=O)NC[C@H]1[C@H]2C[C@H](CN(C(=O)c3cccn3C)C2)[C@@H]2CCCC(=O)N21. The maximum Gasteiger partial charge on any atom is 0.270 e. The second-order valence-corrected chi connectivity index (χ2v) is 8.24. The van der Waals surface area contributed by atoms with Crippen LogP contribution in [0.1, 0.15) is 43.1 Å². The third-order valence-electron chi connectivity index (χ3n) is 6.51. The van der Waals surface area contributed by atoms with Crippen LogP contribution in [0.2, 0.25) is 0 Å². The standard InChI is InChI=1S/C20H28N4O3/c1-13(25)21-10-18-15-9-14(16-5-3-7-19(26)24(16)18)11-23(12-15)20(27)17-6-4-8-22(17)2/h4,6,8,14-16,18H,3,5,7,9-12H2,1-2H3,(H,21,25)/t14-,15+,16+,18+/m1/s1. The Morgan fingerprint density at radius 3 is 2.74 bits per heavy atom. The lowest BCUT2D eigenvalue weighted by Gasteiger charge is -2.56. The molecule has 3 aliphatic heterocycles. The largest absolute Gasteiger partial charge is 0.354 e. The molecule has 27 heavy (non-hydrogen) atoms. The molecule has 2 bridgehead atoms. The van der Waals surface area contributed by atoms with Crippen molar-refractivity contribution in [2.75, 3.05) is 19.6 Å². The average Bonchev–Trinajstić information content (AvgIpc) is 3.07. The Labute approximate surface area is 159 Å². The third-order valence-corrected chi connectivity index (χ3v) is 6.51. The van der Waals surface area contributed by atoms with E-state index in [1.165, 1.54) is 6.92 Å². The minimum Gasteiger partial charge on any atom is -0.354 e. The summed E-state index contributed by atoms with van der Waals surface area (Å²) in [5.74, 6) is 0.721. The molecule has 146 valence electrons. The minimum absolute atomic E-state index is 0.0213. The molecule has 4 heterocycles. The Kier molecular flexibility index (Phi) is 4.70. The average molecular weight is 372 g/mol. The summed E-state index contributed by atoms with van der Waals surface area (Å²) in [6, 6.07) is 3.91. The van der Waals surface area contributed by atoms with Crippen LogP contribution in [0.5, 0.6) is 0 Å². The summed E-state index contributed by atoms with van der Waals surface area (Å²) >= 11 is 0. The molecule has 7 heteroatoms. The van der Waals surface area contributed by atoms with E-state index in [2.05, 4.69) is 10.2 Å². The minimum atomic E-state index is -0.0781. The lowest BCUT2D eigenvalue weighted by Crippen LogP contribution is -2.67. The molecular formula is C20H28N4O3. The number of rotatable bonds is 3. The predicted molar refractivity (Wildman–Crippen MR) is 99.9 cm³/mol. The molecule has 4 atom stereocenters. The Hall–Kier alpha value is -2.31. The van der Waals surface area contributed by atoms with Gasteiger partial charge in [0.2, 0.25) is 11.8 Å². The fourth-order valence-electron chi connectivity index (χ4n) is 5.30. The van der Waals surface area contributed by atoms with Gasteiger partial charge in [0.1, 0.15) is 5.69 Å². The molecule has 3 aliphatic rings. The molecule has 0 saturated carbocycles. The number of aromatic nitrogens is 1. The van der Waals surface area contributed by atoms with Gasteiger partial charge in [-0.25, -0.2) is 0 Å². The molecule has 3 saturated heterocycles. The Morgan fingerprint density at radius 2 is 2.04 bits per heavy atom. The van der Waals surface area contributed by atoms with Gasteiger partial charge < -0.3 is 19.7 Å². The lowest BCUT2D eigenvalue weighted by atomic mass is 9.72. The molecular weight excluding hydrogens is 344 g/mol. The van der Waals surface area contributed by atoms with Crippen LogP contribution in [0.15, 0.2) is 18.3 Å². The topological polar surface area (TPSA) is 74.6 Å². The molecule has 1 aromatic heterocycles. The smallest absolute Gasteiger partial charge is 0.270 e. The van der Waals surface area contributed by atoms with Crippen LogP contribution in [-0.4, -0.2) is 63.8 Å². The van der Waals surface area contributed by atoms with E-state index in [9.17, 15) is 14.4 Å². The molecule has 0 aliphatic carbocycles. The van der Waals surface area contributed by atoms with Gasteiger partial charge in [0.25, 0.3) is 5.91 Å². The Bertz CT molecular complexity index is 758. The Balaban J connectivity index is 1.59. The molecule has 0 radical (unpaired) electrons. The summed E-state index contributed by atoms with van der Waals surface area (Å²) in [5.41, 5.74) is 0.699. The summed E-state index contributed by atoms with van der Waals surface area (Å²) in [5, 5.41) is 2.91. The number of nitrogens with one attached hydrogen (secondary N) is 1. The number of fused-ring (bicyclic) bond motifs is 4. The quantitative estimate of drug-likeness (QED) is 0.860. The molecule has 7 nitrogen and oxygen atoms in total. The number of nitrogens with zero attached hydrogens (tertiary/aromatic N) is 3. The number of carbonyl (C=O) groups is 3. The maximum atomic E-state index is 13.1. The molecule has 0 spiro atoms. The Morgan fingerprint density at radius 1 is 1.26 bits per heavy atom. The van der Waals surface area contributed by atoms with Gasteiger partial charge in [0, 0.05) is 52.3 Å². The number of aryl methyl sites for hydroxylation is 1. The zero-order valence-corrected chi connectivity index (χ0v) is 16.1. The fourth-order valence-corrected chi connectivity index (χ4v) is 5.30.